The van der Waals surface area contributed by atoms with E-state index in [4.69, 9.17) is 0 Å². The van der Waals surface area contributed by atoms with Gasteiger partial charge in [-0.3, -0.25) is 0 Å². The third kappa shape index (κ3) is 3.97. The van der Waals surface area contributed by atoms with E-state index < -0.39 is 0 Å². The number of para-hydroxylation sites is 2. The largest absolute Gasteiger partial charge is 0.364 e. The van der Waals surface area contributed by atoms with Crippen LogP contribution < -0.4 is 9.80 Å². The normalized spacial score (nSPS) is 22.2. The molecular weight excluding hydrogens is 400 g/mol. The van der Waals surface area contributed by atoms with Crippen molar-refractivity contribution in [1.82, 2.24) is 0 Å². The SMILES string of the molecule is CCN1C(=CC=CC=CC=CC2N(CC)c3ccccc3C2(C)C)C(C)(C)c2ccccc21. The van der Waals surface area contributed by atoms with Crippen molar-refractivity contribution < 1.29 is 0 Å². The van der Waals surface area contributed by atoms with Crippen molar-refractivity contribution >= 4 is 11.4 Å². The molecule has 0 spiro atoms. The van der Waals surface area contributed by atoms with E-state index in [9.17, 15) is 0 Å². The average Bonchev–Trinajstić information content (AvgIpc) is 3.17. The van der Waals surface area contributed by atoms with Gasteiger partial charge in [0.2, 0.25) is 0 Å². The molecule has 0 saturated carbocycles. The Labute approximate surface area is 200 Å². The highest BCUT2D eigenvalue weighted by Crippen LogP contribution is 2.47. The highest BCUT2D eigenvalue weighted by molar-refractivity contribution is 5.70. The summed E-state index contributed by atoms with van der Waals surface area (Å²) >= 11 is 0. The molecule has 0 aromatic heterocycles. The molecule has 2 nitrogen and oxygen atoms in total. The zero-order chi connectivity index (χ0) is 23.6. The summed E-state index contributed by atoms with van der Waals surface area (Å²) in [6.45, 7) is 15.8. The molecule has 0 saturated heterocycles. The molecule has 4 rings (SSSR count). The molecule has 2 heterocycles. The zero-order valence-corrected chi connectivity index (χ0v) is 21.0. The Bertz CT molecular complexity index is 1110. The fourth-order valence-electron chi connectivity index (χ4n) is 5.67. The van der Waals surface area contributed by atoms with Crippen LogP contribution in [0.2, 0.25) is 0 Å². The minimum Gasteiger partial charge on any atom is -0.364 e. The van der Waals surface area contributed by atoms with E-state index in [2.05, 4.69) is 142 Å². The Hall–Kier alpha value is -3.00. The van der Waals surface area contributed by atoms with Crippen molar-refractivity contribution in [3.63, 3.8) is 0 Å². The number of likely N-dealkylation sites (N-methyl/N-ethyl adjacent to an activating group) is 2. The molecule has 2 heteroatoms. The minimum absolute atomic E-state index is 0.0211. The van der Waals surface area contributed by atoms with E-state index >= 15 is 0 Å². The fourth-order valence-corrected chi connectivity index (χ4v) is 5.67. The van der Waals surface area contributed by atoms with Gasteiger partial charge in [-0.1, -0.05) is 101 Å². The lowest BCUT2D eigenvalue weighted by Gasteiger charge is -2.31. The van der Waals surface area contributed by atoms with Gasteiger partial charge >= 0.3 is 0 Å². The number of allylic oxidation sites excluding steroid dienone is 7. The van der Waals surface area contributed by atoms with Crippen molar-refractivity contribution in [3.8, 4) is 0 Å². The molecule has 0 aliphatic carbocycles. The first kappa shape index (κ1) is 23.2. The lowest BCUT2D eigenvalue weighted by Crippen LogP contribution is -2.39. The summed E-state index contributed by atoms with van der Waals surface area (Å²) in [5.74, 6) is 0. The standard InChI is InChI=1S/C31H38N2/c1-7-32-26-20-16-14-18-24(26)30(3,4)28(32)22-12-10-9-11-13-23-29-31(5,6)25-19-15-17-21-27(25)33(29)8-2/h9-23,28H,7-8H2,1-6H3. The number of hydrogen-bond acceptors (Lipinski definition) is 2. The molecule has 1 atom stereocenters. The molecule has 2 aliphatic heterocycles. The molecule has 0 bridgehead atoms. The highest BCUT2D eigenvalue weighted by atomic mass is 15.2. The summed E-state index contributed by atoms with van der Waals surface area (Å²) in [5, 5.41) is 0. The summed E-state index contributed by atoms with van der Waals surface area (Å²) in [7, 11) is 0. The van der Waals surface area contributed by atoms with Crippen LogP contribution in [-0.2, 0) is 10.8 Å². The van der Waals surface area contributed by atoms with Gasteiger partial charge in [0.15, 0.2) is 0 Å². The van der Waals surface area contributed by atoms with E-state index in [0.29, 0.717) is 6.04 Å². The first-order valence-electron chi connectivity index (χ1n) is 12.3. The molecule has 2 aromatic rings. The summed E-state index contributed by atoms with van der Waals surface area (Å²) in [6.07, 6.45) is 15.4. The minimum atomic E-state index is 0.0211. The van der Waals surface area contributed by atoms with Crippen LogP contribution in [0.4, 0.5) is 11.4 Å². The summed E-state index contributed by atoms with van der Waals surface area (Å²) in [4.78, 5) is 4.95. The maximum absolute atomic E-state index is 2.51. The number of nitrogens with zero attached hydrogens (tertiary/aromatic N) is 2. The predicted octanol–water partition coefficient (Wildman–Crippen LogP) is 7.54. The summed E-state index contributed by atoms with van der Waals surface area (Å²) in [6, 6.07) is 18.0. The van der Waals surface area contributed by atoms with Crippen molar-refractivity contribution in [3.05, 3.63) is 108 Å². The predicted molar refractivity (Wildman–Crippen MR) is 144 cm³/mol. The molecule has 0 fully saturated rings. The van der Waals surface area contributed by atoms with Gasteiger partial charge in [-0.15, -0.1) is 0 Å². The van der Waals surface area contributed by atoms with E-state index in [0.717, 1.165) is 13.1 Å². The fraction of sp³-hybridized carbons (Fsp3) is 0.355. The number of benzene rings is 2. The zero-order valence-electron chi connectivity index (χ0n) is 21.0. The highest BCUT2D eigenvalue weighted by Gasteiger charge is 2.42. The molecule has 172 valence electrons. The van der Waals surface area contributed by atoms with E-state index in [-0.39, 0.29) is 10.8 Å². The van der Waals surface area contributed by atoms with Gasteiger partial charge in [0.25, 0.3) is 0 Å². The van der Waals surface area contributed by atoms with E-state index in [1.165, 1.54) is 28.2 Å². The number of hydrogen-bond donors (Lipinski definition) is 0. The first-order valence-corrected chi connectivity index (χ1v) is 12.3. The van der Waals surface area contributed by atoms with Crippen molar-refractivity contribution in [2.75, 3.05) is 22.9 Å². The Morgan fingerprint density at radius 2 is 1.33 bits per heavy atom. The maximum atomic E-state index is 2.51. The molecule has 33 heavy (non-hydrogen) atoms. The lowest BCUT2D eigenvalue weighted by atomic mass is 9.80. The number of rotatable bonds is 6. The smallest absolute Gasteiger partial charge is 0.0568 e. The van der Waals surface area contributed by atoms with Crippen LogP contribution in [0, 0.1) is 0 Å². The van der Waals surface area contributed by atoms with Gasteiger partial charge < -0.3 is 9.80 Å². The maximum Gasteiger partial charge on any atom is 0.0568 e. The Morgan fingerprint density at radius 3 is 2.03 bits per heavy atom. The topological polar surface area (TPSA) is 6.48 Å². The van der Waals surface area contributed by atoms with Gasteiger partial charge in [-0.2, -0.15) is 0 Å². The van der Waals surface area contributed by atoms with Crippen molar-refractivity contribution in [2.24, 2.45) is 0 Å². The number of anilines is 2. The molecule has 0 radical (unpaired) electrons. The van der Waals surface area contributed by atoms with Gasteiger partial charge in [0.1, 0.15) is 0 Å². The van der Waals surface area contributed by atoms with Crippen LogP contribution in [0.25, 0.3) is 0 Å². The lowest BCUT2D eigenvalue weighted by molar-refractivity contribution is 0.478. The quantitative estimate of drug-likeness (QED) is 0.430. The first-order chi connectivity index (χ1) is 15.8. The van der Waals surface area contributed by atoms with Crippen LogP contribution in [0.1, 0.15) is 52.7 Å². The van der Waals surface area contributed by atoms with Crippen LogP contribution in [-0.4, -0.2) is 19.1 Å². The summed E-state index contributed by atoms with van der Waals surface area (Å²) in [5.41, 5.74) is 7.04. The third-order valence-corrected chi connectivity index (χ3v) is 7.43. The molecule has 1 unspecified atom stereocenters. The van der Waals surface area contributed by atoms with Gasteiger partial charge in [0.05, 0.1) is 6.04 Å². The third-order valence-electron chi connectivity index (χ3n) is 7.43. The molecule has 2 aliphatic rings. The Balaban J connectivity index is 1.46. The molecule has 0 N–H and O–H groups in total. The van der Waals surface area contributed by atoms with Crippen molar-refractivity contribution in [2.45, 2.75) is 58.4 Å². The molecule has 0 amide bonds. The Morgan fingerprint density at radius 1 is 0.727 bits per heavy atom. The summed E-state index contributed by atoms with van der Waals surface area (Å²) < 4.78 is 0. The van der Waals surface area contributed by atoms with Crippen LogP contribution in [0.3, 0.4) is 0 Å². The second kappa shape index (κ2) is 9.09. The van der Waals surface area contributed by atoms with Crippen LogP contribution in [0.15, 0.2) is 96.8 Å². The van der Waals surface area contributed by atoms with E-state index in [1.807, 2.05) is 0 Å². The second-order valence-electron chi connectivity index (χ2n) is 10.1. The second-order valence-corrected chi connectivity index (χ2v) is 10.1. The Kier molecular flexibility index (Phi) is 6.38. The van der Waals surface area contributed by atoms with Gasteiger partial charge in [-0.25, -0.2) is 0 Å². The average molecular weight is 439 g/mol. The molecule has 2 aromatic carbocycles. The van der Waals surface area contributed by atoms with Crippen LogP contribution >= 0.6 is 0 Å². The monoisotopic (exact) mass is 438 g/mol. The van der Waals surface area contributed by atoms with Gasteiger partial charge in [0, 0.05) is 41.0 Å². The molecular formula is C31H38N2. The van der Waals surface area contributed by atoms with Gasteiger partial charge in [-0.05, 0) is 43.2 Å². The van der Waals surface area contributed by atoms with Crippen molar-refractivity contribution in [1.29, 1.82) is 0 Å². The number of fused-ring (bicyclic) bond motifs is 2. The van der Waals surface area contributed by atoms with Crippen LogP contribution in [0.5, 0.6) is 0 Å². The van der Waals surface area contributed by atoms with E-state index in [1.54, 1.807) is 0 Å².